The minimum Gasteiger partial charge on any atom is -0.268 e. The highest BCUT2D eigenvalue weighted by molar-refractivity contribution is 7.90. The van der Waals surface area contributed by atoms with E-state index < -0.39 is 42.3 Å². The van der Waals surface area contributed by atoms with Crippen LogP contribution in [-0.2, 0) is 19.9 Å². The molecule has 0 heterocycles. The summed E-state index contributed by atoms with van der Waals surface area (Å²) in [5.41, 5.74) is 0.119. The van der Waals surface area contributed by atoms with E-state index >= 15 is 0 Å². The maximum atomic E-state index is 13.6. The van der Waals surface area contributed by atoms with Crippen LogP contribution in [0.25, 0.3) is 0 Å². The molecule has 0 saturated heterocycles. The standard InChI is InChI=1S/C15H13F2NO5S2/c1-9-3-5-11(24(2,20)21)8-12(9)15(19)18-25(22,23)14-6-4-10(16)7-13(14)17/h3-8H,1-2H3,(H,18,19). The van der Waals surface area contributed by atoms with Crippen molar-refractivity contribution in [2.45, 2.75) is 16.7 Å². The molecule has 0 aliphatic carbocycles. The smallest absolute Gasteiger partial charge is 0.267 e. The van der Waals surface area contributed by atoms with Gasteiger partial charge < -0.3 is 0 Å². The van der Waals surface area contributed by atoms with Crippen molar-refractivity contribution in [3.8, 4) is 0 Å². The van der Waals surface area contributed by atoms with Gasteiger partial charge in [0, 0.05) is 17.9 Å². The molecule has 0 aromatic heterocycles. The van der Waals surface area contributed by atoms with Crippen molar-refractivity contribution in [1.82, 2.24) is 4.72 Å². The number of hydrogen-bond donors (Lipinski definition) is 1. The van der Waals surface area contributed by atoms with E-state index in [4.69, 9.17) is 0 Å². The van der Waals surface area contributed by atoms with Gasteiger partial charge in [0.2, 0.25) is 0 Å². The van der Waals surface area contributed by atoms with Gasteiger partial charge in [-0.25, -0.2) is 30.3 Å². The first kappa shape index (κ1) is 19.0. The Kier molecular flexibility index (Phi) is 4.96. The molecule has 0 fully saturated rings. The first-order chi connectivity index (χ1) is 11.4. The zero-order valence-electron chi connectivity index (χ0n) is 13.1. The molecular formula is C15H13F2NO5S2. The van der Waals surface area contributed by atoms with E-state index in [1.165, 1.54) is 19.1 Å². The van der Waals surface area contributed by atoms with Gasteiger partial charge in [0.25, 0.3) is 15.9 Å². The second-order valence-corrected chi connectivity index (χ2v) is 8.92. The summed E-state index contributed by atoms with van der Waals surface area (Å²) < 4.78 is 75.6. The fraction of sp³-hybridized carbons (Fsp3) is 0.133. The molecule has 134 valence electrons. The topological polar surface area (TPSA) is 97.4 Å². The summed E-state index contributed by atoms with van der Waals surface area (Å²) in [7, 11) is -8.22. The predicted molar refractivity (Wildman–Crippen MR) is 85.3 cm³/mol. The van der Waals surface area contributed by atoms with Gasteiger partial charge in [-0.1, -0.05) is 6.07 Å². The predicted octanol–water partition coefficient (Wildman–Crippen LogP) is 1.80. The number of rotatable bonds is 4. The number of benzene rings is 2. The summed E-state index contributed by atoms with van der Waals surface area (Å²) in [6.07, 6.45) is 0.935. The molecule has 2 aromatic rings. The van der Waals surface area contributed by atoms with E-state index in [1.54, 1.807) is 4.72 Å². The number of halogens is 2. The highest BCUT2D eigenvalue weighted by Gasteiger charge is 2.24. The van der Waals surface area contributed by atoms with E-state index in [0.717, 1.165) is 18.4 Å². The molecule has 10 heteroatoms. The van der Waals surface area contributed by atoms with Gasteiger partial charge in [-0.3, -0.25) is 4.79 Å². The fourth-order valence-electron chi connectivity index (χ4n) is 2.00. The minimum absolute atomic E-state index is 0.173. The third-order valence-electron chi connectivity index (χ3n) is 3.29. The highest BCUT2D eigenvalue weighted by atomic mass is 32.2. The van der Waals surface area contributed by atoms with Crippen molar-refractivity contribution in [3.63, 3.8) is 0 Å². The second kappa shape index (κ2) is 6.52. The normalized spacial score (nSPS) is 12.0. The summed E-state index contributed by atoms with van der Waals surface area (Å²) in [6, 6.07) is 5.43. The molecule has 2 aromatic carbocycles. The molecule has 0 saturated carbocycles. The third-order valence-corrected chi connectivity index (χ3v) is 5.77. The molecule has 0 unspecified atom stereocenters. The van der Waals surface area contributed by atoms with Crippen molar-refractivity contribution < 1.29 is 30.4 Å². The van der Waals surface area contributed by atoms with Crippen LogP contribution in [0.15, 0.2) is 46.2 Å². The Morgan fingerprint density at radius 1 is 1.00 bits per heavy atom. The molecule has 0 aliphatic rings. The van der Waals surface area contributed by atoms with Crippen LogP contribution >= 0.6 is 0 Å². The first-order valence-electron chi connectivity index (χ1n) is 6.75. The molecular weight excluding hydrogens is 376 g/mol. The van der Waals surface area contributed by atoms with Crippen molar-refractivity contribution in [2.24, 2.45) is 0 Å². The average Bonchev–Trinajstić information content (AvgIpc) is 2.45. The monoisotopic (exact) mass is 389 g/mol. The number of sulfone groups is 1. The molecule has 6 nitrogen and oxygen atoms in total. The Bertz CT molecular complexity index is 1060. The first-order valence-corrected chi connectivity index (χ1v) is 10.1. The van der Waals surface area contributed by atoms with Crippen LogP contribution in [0.5, 0.6) is 0 Å². The quantitative estimate of drug-likeness (QED) is 0.860. The lowest BCUT2D eigenvalue weighted by molar-refractivity contribution is 0.0980. The van der Waals surface area contributed by atoms with Gasteiger partial charge in [-0.05, 0) is 36.8 Å². The van der Waals surface area contributed by atoms with Gasteiger partial charge in [0.05, 0.1) is 4.90 Å². The maximum Gasteiger partial charge on any atom is 0.267 e. The molecule has 1 amide bonds. The number of carbonyl (C=O) groups excluding carboxylic acids is 1. The summed E-state index contributed by atoms with van der Waals surface area (Å²) in [6.45, 7) is 1.48. The van der Waals surface area contributed by atoms with Crippen LogP contribution in [0.3, 0.4) is 0 Å². The Morgan fingerprint density at radius 2 is 1.64 bits per heavy atom. The number of nitrogens with one attached hydrogen (secondary N) is 1. The van der Waals surface area contributed by atoms with Crippen molar-refractivity contribution >= 4 is 25.8 Å². The van der Waals surface area contributed by atoms with Gasteiger partial charge >= 0.3 is 0 Å². The van der Waals surface area contributed by atoms with Gasteiger partial charge in [0.15, 0.2) is 9.84 Å². The number of carbonyl (C=O) groups is 1. The lowest BCUT2D eigenvalue weighted by atomic mass is 10.1. The van der Waals surface area contributed by atoms with Crippen LogP contribution in [0.2, 0.25) is 0 Å². The highest BCUT2D eigenvalue weighted by Crippen LogP contribution is 2.18. The van der Waals surface area contributed by atoms with Crippen LogP contribution in [0.1, 0.15) is 15.9 Å². The van der Waals surface area contributed by atoms with Crippen molar-refractivity contribution in [2.75, 3.05) is 6.26 Å². The summed E-state index contributed by atoms with van der Waals surface area (Å²) in [5, 5.41) is 0. The number of sulfonamides is 1. The van der Waals surface area contributed by atoms with Crippen LogP contribution in [-0.4, -0.2) is 29.0 Å². The van der Waals surface area contributed by atoms with E-state index in [-0.39, 0.29) is 10.5 Å². The molecule has 0 bridgehead atoms. The molecule has 2 rings (SSSR count). The minimum atomic E-state index is -4.61. The van der Waals surface area contributed by atoms with Crippen LogP contribution < -0.4 is 4.72 Å². The summed E-state index contributed by atoms with van der Waals surface area (Å²) in [4.78, 5) is 11.2. The van der Waals surface area contributed by atoms with Gasteiger partial charge in [0.1, 0.15) is 16.5 Å². The molecule has 25 heavy (non-hydrogen) atoms. The largest absolute Gasteiger partial charge is 0.268 e. The SMILES string of the molecule is Cc1ccc(S(C)(=O)=O)cc1C(=O)NS(=O)(=O)c1ccc(F)cc1F. The van der Waals surface area contributed by atoms with Crippen LogP contribution in [0.4, 0.5) is 8.78 Å². The van der Waals surface area contributed by atoms with E-state index in [0.29, 0.717) is 17.7 Å². The lowest BCUT2D eigenvalue weighted by Gasteiger charge is -2.10. The zero-order chi connectivity index (χ0) is 19.0. The molecule has 0 aliphatic heterocycles. The third kappa shape index (κ3) is 4.20. The molecule has 0 spiro atoms. The van der Waals surface area contributed by atoms with Gasteiger partial charge in [-0.2, -0.15) is 0 Å². The van der Waals surface area contributed by atoms with Crippen molar-refractivity contribution in [1.29, 1.82) is 0 Å². The average molecular weight is 389 g/mol. The Morgan fingerprint density at radius 3 is 2.20 bits per heavy atom. The maximum absolute atomic E-state index is 13.6. The summed E-state index contributed by atoms with van der Waals surface area (Å²) in [5.74, 6) is -3.46. The zero-order valence-corrected chi connectivity index (χ0v) is 14.7. The summed E-state index contributed by atoms with van der Waals surface area (Å²) >= 11 is 0. The Labute approximate surface area is 143 Å². The number of amides is 1. The van der Waals surface area contributed by atoms with E-state index in [9.17, 15) is 30.4 Å². The lowest BCUT2D eigenvalue weighted by Crippen LogP contribution is -2.31. The second-order valence-electron chi connectivity index (χ2n) is 5.26. The molecule has 1 N–H and O–H groups in total. The fourth-order valence-corrected chi connectivity index (χ4v) is 3.68. The number of hydrogen-bond acceptors (Lipinski definition) is 5. The van der Waals surface area contributed by atoms with Crippen molar-refractivity contribution in [3.05, 3.63) is 59.2 Å². The molecule has 0 radical (unpaired) electrons. The van der Waals surface area contributed by atoms with E-state index in [2.05, 4.69) is 0 Å². The van der Waals surface area contributed by atoms with Crippen LogP contribution in [0, 0.1) is 18.6 Å². The molecule has 0 atom stereocenters. The van der Waals surface area contributed by atoms with E-state index in [1.807, 2.05) is 0 Å². The number of aryl methyl sites for hydroxylation is 1. The van der Waals surface area contributed by atoms with Gasteiger partial charge in [-0.15, -0.1) is 0 Å². The Hall–Kier alpha value is -2.33. The Balaban J connectivity index is 2.42.